The number of benzene rings is 1. The predicted molar refractivity (Wildman–Crippen MR) is 90.5 cm³/mol. The van der Waals surface area contributed by atoms with Crippen LogP contribution >= 0.6 is 12.4 Å². The zero-order valence-corrected chi connectivity index (χ0v) is 14.9. The first-order valence-corrected chi connectivity index (χ1v) is 8.62. The topological polar surface area (TPSA) is 72.2 Å². The second-order valence-electron chi connectivity index (χ2n) is 5.52. The van der Waals surface area contributed by atoms with Gasteiger partial charge in [0, 0.05) is 12.1 Å². The number of hydrogen-bond acceptors (Lipinski definition) is 3. The maximum atomic E-state index is 12.4. The van der Waals surface area contributed by atoms with E-state index in [1.54, 1.807) is 12.1 Å². The first kappa shape index (κ1) is 20.4. The zero-order chi connectivity index (χ0) is 15.4. The van der Waals surface area contributed by atoms with Crippen molar-refractivity contribution in [2.45, 2.75) is 56.9 Å². The summed E-state index contributed by atoms with van der Waals surface area (Å²) in [4.78, 5) is 0.293. The summed E-state index contributed by atoms with van der Waals surface area (Å²) in [5, 5.41) is 0. The van der Waals surface area contributed by atoms with Gasteiger partial charge in [0.25, 0.3) is 0 Å². The second kappa shape index (κ2) is 8.13. The highest BCUT2D eigenvalue weighted by molar-refractivity contribution is 7.89. The number of sulfonamides is 1. The van der Waals surface area contributed by atoms with Crippen molar-refractivity contribution in [3.8, 4) is 0 Å². The lowest BCUT2D eigenvalue weighted by Gasteiger charge is -2.31. The summed E-state index contributed by atoms with van der Waals surface area (Å²) in [6, 6.07) is 7.04. The highest BCUT2D eigenvalue weighted by atomic mass is 35.5. The van der Waals surface area contributed by atoms with Crippen LogP contribution in [-0.4, -0.2) is 20.5 Å². The van der Waals surface area contributed by atoms with E-state index in [1.165, 1.54) is 0 Å². The van der Waals surface area contributed by atoms with Crippen LogP contribution in [0.5, 0.6) is 0 Å². The Morgan fingerprint density at radius 2 is 1.62 bits per heavy atom. The third-order valence-corrected chi connectivity index (χ3v) is 5.55. The van der Waals surface area contributed by atoms with Gasteiger partial charge in [-0.1, -0.05) is 39.8 Å². The molecule has 0 aliphatic carbocycles. The summed E-state index contributed by atoms with van der Waals surface area (Å²) in [7, 11) is -3.53. The first-order chi connectivity index (χ1) is 9.30. The van der Waals surface area contributed by atoms with Crippen molar-refractivity contribution in [3.63, 3.8) is 0 Å². The molecule has 0 aromatic heterocycles. The molecular weight excluding hydrogens is 308 g/mol. The zero-order valence-electron chi connectivity index (χ0n) is 13.2. The van der Waals surface area contributed by atoms with Crippen molar-refractivity contribution in [1.29, 1.82) is 0 Å². The molecule has 0 saturated carbocycles. The van der Waals surface area contributed by atoms with E-state index >= 15 is 0 Å². The lowest BCUT2D eigenvalue weighted by Crippen LogP contribution is -2.52. The van der Waals surface area contributed by atoms with Crippen LogP contribution < -0.4 is 10.5 Å². The Bertz CT molecular complexity index is 515. The van der Waals surface area contributed by atoms with Gasteiger partial charge in [-0.05, 0) is 36.5 Å². The van der Waals surface area contributed by atoms with Crippen molar-refractivity contribution in [2.24, 2.45) is 5.73 Å². The molecule has 0 unspecified atom stereocenters. The Kier molecular flexibility index (Phi) is 7.89. The number of rotatable bonds is 7. The fourth-order valence-electron chi connectivity index (χ4n) is 2.10. The van der Waals surface area contributed by atoms with Crippen LogP contribution in [0, 0.1) is 0 Å². The van der Waals surface area contributed by atoms with Gasteiger partial charge in [0.15, 0.2) is 0 Å². The van der Waals surface area contributed by atoms with E-state index in [1.807, 2.05) is 26.0 Å². The fourth-order valence-corrected chi connectivity index (χ4v) is 3.65. The van der Waals surface area contributed by atoms with E-state index in [2.05, 4.69) is 18.6 Å². The predicted octanol–water partition coefficient (Wildman–Crippen LogP) is 3.03. The van der Waals surface area contributed by atoms with Gasteiger partial charge in [-0.3, -0.25) is 0 Å². The Hall–Kier alpha value is -0.620. The SMILES string of the molecule is CCC(CC)(CN)NS(=O)(=O)c1ccc(C(C)C)cc1.Cl. The smallest absolute Gasteiger partial charge is 0.241 e. The van der Waals surface area contributed by atoms with Crippen LogP contribution in [0.25, 0.3) is 0 Å². The molecule has 0 spiro atoms. The average Bonchev–Trinajstić information content (AvgIpc) is 2.45. The summed E-state index contributed by atoms with van der Waals surface area (Å²) in [6.07, 6.45) is 1.34. The molecule has 0 heterocycles. The summed E-state index contributed by atoms with van der Waals surface area (Å²) >= 11 is 0. The quantitative estimate of drug-likeness (QED) is 0.805. The first-order valence-electron chi connectivity index (χ1n) is 7.14. The molecule has 0 aliphatic heterocycles. The molecular formula is C15H27ClN2O2S. The molecule has 122 valence electrons. The van der Waals surface area contributed by atoms with Gasteiger partial charge in [0.2, 0.25) is 10.0 Å². The summed E-state index contributed by atoms with van der Waals surface area (Å²) < 4.78 is 27.6. The molecule has 6 heteroatoms. The molecule has 0 bridgehead atoms. The molecule has 4 nitrogen and oxygen atoms in total. The minimum Gasteiger partial charge on any atom is -0.329 e. The highest BCUT2D eigenvalue weighted by Crippen LogP contribution is 2.21. The third-order valence-electron chi connectivity index (χ3n) is 3.95. The monoisotopic (exact) mass is 334 g/mol. The molecule has 1 aromatic rings. The average molecular weight is 335 g/mol. The van der Waals surface area contributed by atoms with Gasteiger partial charge in [-0.2, -0.15) is 0 Å². The number of hydrogen-bond donors (Lipinski definition) is 2. The van der Waals surface area contributed by atoms with E-state index in [-0.39, 0.29) is 12.4 Å². The lowest BCUT2D eigenvalue weighted by atomic mass is 9.95. The molecule has 0 fully saturated rings. The normalized spacial score (nSPS) is 12.3. The van der Waals surface area contributed by atoms with Gasteiger partial charge in [0.05, 0.1) is 4.90 Å². The van der Waals surface area contributed by atoms with Crippen molar-refractivity contribution in [3.05, 3.63) is 29.8 Å². The van der Waals surface area contributed by atoms with E-state index < -0.39 is 15.6 Å². The molecule has 0 atom stereocenters. The largest absolute Gasteiger partial charge is 0.329 e. The van der Waals surface area contributed by atoms with Crippen LogP contribution in [0.1, 0.15) is 52.0 Å². The maximum Gasteiger partial charge on any atom is 0.241 e. The van der Waals surface area contributed by atoms with E-state index in [9.17, 15) is 8.42 Å². The van der Waals surface area contributed by atoms with Crippen molar-refractivity contribution in [2.75, 3.05) is 6.54 Å². The summed E-state index contributed by atoms with van der Waals surface area (Å²) in [6.45, 7) is 8.34. The molecule has 0 amide bonds. The molecule has 3 N–H and O–H groups in total. The maximum absolute atomic E-state index is 12.4. The lowest BCUT2D eigenvalue weighted by molar-refractivity contribution is 0.363. The van der Waals surface area contributed by atoms with Gasteiger partial charge < -0.3 is 5.73 Å². The standard InChI is InChI=1S/C15H26N2O2S.ClH/c1-5-15(6-2,11-16)17-20(18,19)14-9-7-13(8-10-14)12(3)4;/h7-10,12,17H,5-6,11,16H2,1-4H3;1H. The Morgan fingerprint density at radius 3 is 1.95 bits per heavy atom. The third kappa shape index (κ3) is 4.95. The van der Waals surface area contributed by atoms with Crippen LogP contribution in [0.3, 0.4) is 0 Å². The molecule has 0 aliphatic rings. The Balaban J connectivity index is 0.00000400. The molecule has 1 rings (SSSR count). The van der Waals surface area contributed by atoms with E-state index in [4.69, 9.17) is 5.73 Å². The van der Waals surface area contributed by atoms with Crippen LogP contribution in [0.4, 0.5) is 0 Å². The van der Waals surface area contributed by atoms with Crippen LogP contribution in [-0.2, 0) is 10.0 Å². The Labute approximate surface area is 135 Å². The van der Waals surface area contributed by atoms with Gasteiger partial charge in [-0.15, -0.1) is 12.4 Å². The van der Waals surface area contributed by atoms with Crippen molar-refractivity contribution < 1.29 is 8.42 Å². The number of nitrogens with one attached hydrogen (secondary N) is 1. The molecule has 0 radical (unpaired) electrons. The number of nitrogens with two attached hydrogens (primary N) is 1. The fraction of sp³-hybridized carbons (Fsp3) is 0.600. The van der Waals surface area contributed by atoms with E-state index in [0.29, 0.717) is 30.2 Å². The van der Waals surface area contributed by atoms with Crippen molar-refractivity contribution >= 4 is 22.4 Å². The van der Waals surface area contributed by atoms with Gasteiger partial charge >= 0.3 is 0 Å². The van der Waals surface area contributed by atoms with Crippen LogP contribution in [0.15, 0.2) is 29.2 Å². The minimum atomic E-state index is -3.53. The van der Waals surface area contributed by atoms with Crippen LogP contribution in [0.2, 0.25) is 0 Å². The summed E-state index contributed by atoms with van der Waals surface area (Å²) in [5.41, 5.74) is 6.32. The van der Waals surface area contributed by atoms with E-state index in [0.717, 1.165) is 5.56 Å². The molecule has 21 heavy (non-hydrogen) atoms. The Morgan fingerprint density at radius 1 is 1.14 bits per heavy atom. The summed E-state index contributed by atoms with van der Waals surface area (Å²) in [5.74, 6) is 0.383. The minimum absolute atomic E-state index is 0. The second-order valence-corrected chi connectivity index (χ2v) is 7.20. The highest BCUT2D eigenvalue weighted by Gasteiger charge is 2.30. The van der Waals surface area contributed by atoms with Gasteiger partial charge in [0.1, 0.15) is 0 Å². The van der Waals surface area contributed by atoms with Gasteiger partial charge in [-0.25, -0.2) is 13.1 Å². The number of halogens is 1. The molecule has 1 aromatic carbocycles. The molecule has 0 saturated heterocycles. The van der Waals surface area contributed by atoms with Crippen molar-refractivity contribution in [1.82, 2.24) is 4.72 Å².